The van der Waals surface area contributed by atoms with Gasteiger partial charge in [0, 0.05) is 44.7 Å². The monoisotopic (exact) mass is 568 g/mol. The smallest absolute Gasteiger partial charge is 0.232 e. The molecule has 7 aliphatic rings. The average molecular weight is 569 g/mol. The highest BCUT2D eigenvalue weighted by molar-refractivity contribution is 5.97. The van der Waals surface area contributed by atoms with Gasteiger partial charge >= 0.3 is 0 Å². The summed E-state index contributed by atoms with van der Waals surface area (Å²) in [5.74, 6) is 5.07. The molecule has 3 N–H and O–H groups in total. The van der Waals surface area contributed by atoms with E-state index >= 15 is 0 Å². The average Bonchev–Trinajstić information content (AvgIpc) is 3.40. The lowest BCUT2D eigenvalue weighted by atomic mass is 9.44. The summed E-state index contributed by atoms with van der Waals surface area (Å²) in [6.07, 6.45) is 12.9. The Morgan fingerprint density at radius 3 is 2.46 bits per heavy atom. The maximum Gasteiger partial charge on any atom is 0.232 e. The summed E-state index contributed by atoms with van der Waals surface area (Å²) in [4.78, 5) is 27.3. The second kappa shape index (κ2) is 10.5. The molecule has 3 saturated heterocycles. The number of rotatable bonds is 3. The lowest BCUT2D eigenvalue weighted by Gasteiger charge is -2.61. The molecule has 0 aromatic rings. The number of carbonyl (C=O) groups excluding carboxylic acids is 2. The Morgan fingerprint density at radius 2 is 1.71 bits per heavy atom. The second-order valence-corrected chi connectivity index (χ2v) is 16.2. The molecule has 7 fully saturated rings. The van der Waals surface area contributed by atoms with Gasteiger partial charge < -0.3 is 20.3 Å². The first-order chi connectivity index (χ1) is 19.6. The van der Waals surface area contributed by atoms with Crippen LogP contribution in [0.4, 0.5) is 0 Å². The van der Waals surface area contributed by atoms with Gasteiger partial charge in [0.05, 0.1) is 6.10 Å². The molecule has 3 heterocycles. The van der Waals surface area contributed by atoms with E-state index < -0.39 is 0 Å². The number of nitrogens with zero attached hydrogens (tertiary/aromatic N) is 1. The van der Waals surface area contributed by atoms with Gasteiger partial charge in [-0.3, -0.25) is 14.9 Å². The molecule has 4 aliphatic carbocycles. The quantitative estimate of drug-likeness (QED) is 0.442. The van der Waals surface area contributed by atoms with Crippen molar-refractivity contribution in [1.29, 1.82) is 0 Å². The molecule has 0 unspecified atom stereocenters. The van der Waals surface area contributed by atoms with Crippen LogP contribution in [0.5, 0.6) is 0 Å². The van der Waals surface area contributed by atoms with Gasteiger partial charge in [0.2, 0.25) is 11.8 Å². The van der Waals surface area contributed by atoms with Crippen LogP contribution in [-0.4, -0.2) is 67.3 Å². The van der Waals surface area contributed by atoms with Crippen molar-refractivity contribution in [3.05, 3.63) is 0 Å². The van der Waals surface area contributed by atoms with Crippen molar-refractivity contribution in [3.63, 3.8) is 0 Å². The molecule has 7 nitrogen and oxygen atoms in total. The highest BCUT2D eigenvalue weighted by atomic mass is 16.5. The number of piperidine rings is 1. The van der Waals surface area contributed by atoms with Gasteiger partial charge in [0.1, 0.15) is 12.1 Å². The summed E-state index contributed by atoms with van der Waals surface area (Å²) in [5.41, 5.74) is 0.716. The molecular formula is C34H56N4O3. The number of hydrogen-bond donors (Lipinski definition) is 3. The molecule has 12 atom stereocenters. The summed E-state index contributed by atoms with van der Waals surface area (Å²) in [6.45, 7) is 14.3. The Morgan fingerprint density at radius 1 is 0.927 bits per heavy atom. The SMILES string of the molecule is C[C@@H]1CC[C@@]2(NC1)O[C@H]1C[C@H]3[C@@H]4CC[C@@H]5C[C@@H](NC(=O)CC(=O)N6CCNCC6)CC[C@]5(C)[C@H]4CC[C@]3(C)[C@H]1[C@@H]2C. The normalized spacial score (nSPS) is 50.9. The Labute approximate surface area is 248 Å². The standard InChI is InChI=1S/C34H56N4O3/c1-21-7-12-34(36-20-21)22(2)31-28(41-34)18-27-25-6-5-23-17-24(8-10-32(23,3)26(25)9-11-33(27,31)4)37-29(39)19-30(40)38-15-13-35-14-16-38/h21-28,31,35-36H,5-20H2,1-4H3,(H,37,39)/t21-,22+,23-,24+,25-,26+,27+,28+,31+,32+,33+,34-/m1/s1. The van der Waals surface area contributed by atoms with Crippen LogP contribution in [0, 0.1) is 52.3 Å². The summed E-state index contributed by atoms with van der Waals surface area (Å²) < 4.78 is 7.08. The van der Waals surface area contributed by atoms with Crippen LogP contribution in [0.3, 0.4) is 0 Å². The zero-order valence-electron chi connectivity index (χ0n) is 26.2. The first-order valence-electron chi connectivity index (χ1n) is 17.3. The third-order valence-electron chi connectivity index (χ3n) is 14.3. The molecular weight excluding hydrogens is 512 g/mol. The van der Waals surface area contributed by atoms with Crippen LogP contribution in [0.25, 0.3) is 0 Å². The molecule has 7 rings (SSSR count). The maximum atomic E-state index is 12.9. The minimum absolute atomic E-state index is 0.00204. The van der Waals surface area contributed by atoms with Gasteiger partial charge in [0.25, 0.3) is 0 Å². The largest absolute Gasteiger partial charge is 0.357 e. The van der Waals surface area contributed by atoms with Crippen LogP contribution >= 0.6 is 0 Å². The third kappa shape index (κ3) is 4.61. The number of piperazine rings is 1. The van der Waals surface area contributed by atoms with E-state index in [0.717, 1.165) is 56.1 Å². The topological polar surface area (TPSA) is 82.7 Å². The number of hydrogen-bond acceptors (Lipinski definition) is 5. The molecule has 0 radical (unpaired) electrons. The molecule has 0 aromatic carbocycles. The first kappa shape index (κ1) is 28.6. The molecule has 7 heteroatoms. The lowest BCUT2D eigenvalue weighted by Crippen LogP contribution is -2.58. The van der Waals surface area contributed by atoms with Crippen molar-refractivity contribution < 1.29 is 14.3 Å². The minimum Gasteiger partial charge on any atom is -0.357 e. The van der Waals surface area contributed by atoms with Crippen molar-refractivity contribution >= 4 is 11.8 Å². The van der Waals surface area contributed by atoms with Crippen LogP contribution in [0.15, 0.2) is 0 Å². The van der Waals surface area contributed by atoms with Crippen molar-refractivity contribution in [1.82, 2.24) is 20.9 Å². The van der Waals surface area contributed by atoms with Crippen LogP contribution < -0.4 is 16.0 Å². The fraction of sp³-hybridized carbons (Fsp3) is 0.941. The van der Waals surface area contributed by atoms with E-state index in [-0.39, 0.29) is 30.0 Å². The number of amides is 2. The zero-order valence-corrected chi connectivity index (χ0v) is 26.2. The summed E-state index contributed by atoms with van der Waals surface area (Å²) >= 11 is 0. The van der Waals surface area contributed by atoms with Crippen LogP contribution in [0.2, 0.25) is 0 Å². The Balaban J connectivity index is 0.984. The van der Waals surface area contributed by atoms with Gasteiger partial charge in [-0.05, 0) is 111 Å². The van der Waals surface area contributed by atoms with Gasteiger partial charge in [-0.15, -0.1) is 0 Å². The summed E-state index contributed by atoms with van der Waals surface area (Å²) in [7, 11) is 0. The fourth-order valence-electron chi connectivity index (χ4n) is 12.0. The van der Waals surface area contributed by atoms with Crippen molar-refractivity contribution in [2.24, 2.45) is 52.3 Å². The fourth-order valence-corrected chi connectivity index (χ4v) is 12.0. The van der Waals surface area contributed by atoms with E-state index in [0.29, 0.717) is 47.8 Å². The molecule has 41 heavy (non-hydrogen) atoms. The number of fused-ring (bicyclic) bond motifs is 7. The van der Waals surface area contributed by atoms with E-state index in [1.54, 1.807) is 0 Å². The molecule has 2 amide bonds. The Hall–Kier alpha value is -1.18. The maximum absolute atomic E-state index is 12.9. The molecule has 0 aromatic heterocycles. The van der Waals surface area contributed by atoms with Gasteiger partial charge in [-0.25, -0.2) is 0 Å². The van der Waals surface area contributed by atoms with Crippen molar-refractivity contribution in [2.75, 3.05) is 32.7 Å². The molecule has 3 aliphatic heterocycles. The van der Waals surface area contributed by atoms with Crippen molar-refractivity contribution in [3.8, 4) is 0 Å². The van der Waals surface area contributed by atoms with E-state index in [9.17, 15) is 9.59 Å². The predicted molar refractivity (Wildman–Crippen MR) is 160 cm³/mol. The zero-order chi connectivity index (χ0) is 28.6. The molecule has 1 spiro atoms. The molecule has 0 bridgehead atoms. The Kier molecular flexibility index (Phi) is 7.30. The molecule has 230 valence electrons. The molecule has 4 saturated carbocycles. The van der Waals surface area contributed by atoms with Gasteiger partial charge in [-0.2, -0.15) is 0 Å². The third-order valence-corrected chi connectivity index (χ3v) is 14.3. The Bertz CT molecular complexity index is 1020. The van der Waals surface area contributed by atoms with Gasteiger partial charge in [0.15, 0.2) is 0 Å². The van der Waals surface area contributed by atoms with Gasteiger partial charge in [-0.1, -0.05) is 27.7 Å². The first-order valence-corrected chi connectivity index (χ1v) is 17.3. The van der Waals surface area contributed by atoms with Crippen molar-refractivity contribution in [2.45, 2.75) is 116 Å². The van der Waals surface area contributed by atoms with E-state index in [1.807, 2.05) is 4.90 Å². The van der Waals surface area contributed by atoms with Crippen LogP contribution in [0.1, 0.15) is 98.3 Å². The van der Waals surface area contributed by atoms with Crippen LogP contribution in [-0.2, 0) is 14.3 Å². The predicted octanol–water partition coefficient (Wildman–Crippen LogP) is 4.31. The van der Waals surface area contributed by atoms with E-state index in [4.69, 9.17) is 4.74 Å². The second-order valence-electron chi connectivity index (χ2n) is 16.2. The number of carbonyl (C=O) groups is 2. The van der Waals surface area contributed by atoms with E-state index in [2.05, 4.69) is 43.6 Å². The summed E-state index contributed by atoms with van der Waals surface area (Å²) in [5, 5.41) is 10.5. The highest BCUT2D eigenvalue weighted by Gasteiger charge is 2.68. The summed E-state index contributed by atoms with van der Waals surface area (Å²) in [6, 6.07) is 0.226. The van der Waals surface area contributed by atoms with E-state index in [1.165, 1.54) is 51.4 Å². The highest BCUT2D eigenvalue weighted by Crippen LogP contribution is 2.71. The lowest BCUT2D eigenvalue weighted by molar-refractivity contribution is -0.139. The minimum atomic E-state index is -0.0747. The number of nitrogens with one attached hydrogen (secondary N) is 3. The number of ether oxygens (including phenoxy) is 1.